The number of benzene rings is 9. The second-order valence-electron chi connectivity index (χ2n) is 15.5. The molecule has 9 aromatic carbocycles. The normalized spacial score (nSPS) is 13.5. The second-order valence-corrected chi connectivity index (χ2v) is 15.5. The lowest BCUT2D eigenvalue weighted by molar-refractivity contribution is 0.959. The van der Waals surface area contributed by atoms with Crippen LogP contribution in [0.4, 0.5) is 0 Å². The number of hydrogen-bond acceptors (Lipinski definition) is 1. The highest BCUT2D eigenvalue weighted by molar-refractivity contribution is 6.22. The van der Waals surface area contributed by atoms with Crippen LogP contribution < -0.4 is 0 Å². The minimum absolute atomic E-state index is 0.315. The highest BCUT2D eigenvalue weighted by Gasteiger charge is 2.28. The molecule has 1 aliphatic rings. The third-order valence-corrected chi connectivity index (χ3v) is 12.5. The molecule has 1 atom stereocenters. The first-order valence-corrected chi connectivity index (χ1v) is 19.9. The first-order chi connectivity index (χ1) is 28.2. The van der Waals surface area contributed by atoms with Gasteiger partial charge in [-0.3, -0.25) is 4.98 Å². The molecular formula is C55H36N2. The molecule has 57 heavy (non-hydrogen) atoms. The van der Waals surface area contributed by atoms with Gasteiger partial charge in [0.1, 0.15) is 0 Å². The van der Waals surface area contributed by atoms with Crippen LogP contribution in [0.3, 0.4) is 0 Å². The highest BCUT2D eigenvalue weighted by Crippen LogP contribution is 2.51. The first kappa shape index (κ1) is 32.0. The van der Waals surface area contributed by atoms with E-state index in [2.05, 4.69) is 198 Å². The summed E-state index contributed by atoms with van der Waals surface area (Å²) in [6.45, 7) is 2.36. The highest BCUT2D eigenvalue weighted by atomic mass is 15.0. The van der Waals surface area contributed by atoms with Crippen molar-refractivity contribution in [2.45, 2.75) is 12.8 Å². The standard InChI is InChI=1S/C55H36N2/c1-34-40-13-4-5-15-42(40)48-31-50-49(30-47(34)48)54(36-24-22-35(23-25-36)51-33-56-32-38-12-2-3-14-41(38)51)45-18-6-7-19-46(45)55(50)37-26-28-39(29-27-37)57-52-20-10-8-16-43(52)44-17-9-11-21-53(44)57/h2-34H,1H3. The molecule has 0 fully saturated rings. The van der Waals surface area contributed by atoms with E-state index in [0.717, 1.165) is 16.6 Å². The lowest BCUT2D eigenvalue weighted by Crippen LogP contribution is -1.96. The molecule has 11 aromatic rings. The van der Waals surface area contributed by atoms with E-state index in [1.807, 2.05) is 12.4 Å². The number of pyridine rings is 1. The third kappa shape index (κ3) is 4.74. The SMILES string of the molecule is CC1c2ccccc2-c2cc3c(-c4ccc(-n5c6ccccc6c6ccccc65)cc4)c4ccccc4c(-c4ccc(-c5cncc6ccccc56)cc4)c3cc21. The Morgan fingerprint density at radius 2 is 0.912 bits per heavy atom. The Labute approximate surface area is 330 Å². The van der Waals surface area contributed by atoms with Crippen molar-refractivity contribution in [3.05, 3.63) is 206 Å². The van der Waals surface area contributed by atoms with Gasteiger partial charge in [0.25, 0.3) is 0 Å². The number of aromatic nitrogens is 2. The maximum atomic E-state index is 4.59. The molecule has 0 saturated heterocycles. The van der Waals surface area contributed by atoms with E-state index < -0.39 is 0 Å². The van der Waals surface area contributed by atoms with Crippen LogP contribution >= 0.6 is 0 Å². The van der Waals surface area contributed by atoms with Crippen molar-refractivity contribution in [2.75, 3.05) is 0 Å². The maximum absolute atomic E-state index is 4.59. The van der Waals surface area contributed by atoms with Crippen LogP contribution in [-0.2, 0) is 0 Å². The Morgan fingerprint density at radius 1 is 0.386 bits per heavy atom. The summed E-state index contributed by atoms with van der Waals surface area (Å²) in [6.07, 6.45) is 3.94. The van der Waals surface area contributed by atoms with Crippen molar-refractivity contribution in [3.63, 3.8) is 0 Å². The fourth-order valence-electron chi connectivity index (χ4n) is 9.88. The van der Waals surface area contributed by atoms with Gasteiger partial charge in [-0.25, -0.2) is 0 Å². The Hall–Kier alpha value is -7.29. The predicted octanol–water partition coefficient (Wildman–Crippen LogP) is 14.8. The van der Waals surface area contributed by atoms with E-state index >= 15 is 0 Å². The molecule has 0 bridgehead atoms. The monoisotopic (exact) mass is 724 g/mol. The van der Waals surface area contributed by atoms with Crippen LogP contribution in [0.25, 0.3) is 104 Å². The van der Waals surface area contributed by atoms with Gasteiger partial charge in [-0.2, -0.15) is 0 Å². The molecule has 2 heterocycles. The molecule has 2 aromatic heterocycles. The number of hydrogen-bond donors (Lipinski definition) is 0. The zero-order valence-electron chi connectivity index (χ0n) is 31.4. The van der Waals surface area contributed by atoms with Crippen LogP contribution in [0.2, 0.25) is 0 Å². The molecule has 0 spiro atoms. The predicted molar refractivity (Wildman–Crippen MR) is 240 cm³/mol. The van der Waals surface area contributed by atoms with Gasteiger partial charge < -0.3 is 4.57 Å². The van der Waals surface area contributed by atoms with Gasteiger partial charge in [-0.05, 0) is 113 Å². The maximum Gasteiger partial charge on any atom is 0.0541 e. The van der Waals surface area contributed by atoms with Gasteiger partial charge in [0, 0.05) is 45.7 Å². The summed E-state index contributed by atoms with van der Waals surface area (Å²) < 4.78 is 2.40. The summed E-state index contributed by atoms with van der Waals surface area (Å²) in [5.74, 6) is 0.315. The minimum atomic E-state index is 0.315. The van der Waals surface area contributed by atoms with Gasteiger partial charge in [0.05, 0.1) is 11.0 Å². The fraction of sp³-hybridized carbons (Fsp3) is 0.0364. The van der Waals surface area contributed by atoms with Crippen molar-refractivity contribution >= 4 is 54.1 Å². The summed E-state index contributed by atoms with van der Waals surface area (Å²) in [7, 11) is 0. The quantitative estimate of drug-likeness (QED) is 0.165. The molecule has 0 saturated carbocycles. The molecule has 266 valence electrons. The lowest BCUT2D eigenvalue weighted by atomic mass is 9.83. The minimum Gasteiger partial charge on any atom is -0.309 e. The smallest absolute Gasteiger partial charge is 0.0541 e. The van der Waals surface area contributed by atoms with E-state index in [0.29, 0.717) is 5.92 Å². The van der Waals surface area contributed by atoms with E-state index in [9.17, 15) is 0 Å². The van der Waals surface area contributed by atoms with Crippen LogP contribution in [-0.4, -0.2) is 9.55 Å². The zero-order valence-corrected chi connectivity index (χ0v) is 31.4. The first-order valence-electron chi connectivity index (χ1n) is 19.9. The van der Waals surface area contributed by atoms with Gasteiger partial charge in [0.2, 0.25) is 0 Å². The zero-order chi connectivity index (χ0) is 37.6. The van der Waals surface area contributed by atoms with Crippen LogP contribution in [0.15, 0.2) is 194 Å². The van der Waals surface area contributed by atoms with Gasteiger partial charge >= 0.3 is 0 Å². The van der Waals surface area contributed by atoms with Crippen molar-refractivity contribution in [1.82, 2.24) is 9.55 Å². The molecule has 1 unspecified atom stereocenters. The van der Waals surface area contributed by atoms with Gasteiger partial charge in [0.15, 0.2) is 0 Å². The molecular weight excluding hydrogens is 689 g/mol. The summed E-state index contributed by atoms with van der Waals surface area (Å²) in [5, 5.41) is 9.99. The Balaban J connectivity index is 1.09. The van der Waals surface area contributed by atoms with E-state index in [4.69, 9.17) is 0 Å². The molecule has 0 amide bonds. The Kier molecular flexibility index (Phi) is 6.94. The lowest BCUT2D eigenvalue weighted by Gasteiger charge is -2.20. The van der Waals surface area contributed by atoms with E-state index in [-0.39, 0.29) is 0 Å². The number of fused-ring (bicyclic) bond motifs is 9. The van der Waals surface area contributed by atoms with Crippen molar-refractivity contribution in [1.29, 1.82) is 0 Å². The van der Waals surface area contributed by atoms with Crippen molar-refractivity contribution < 1.29 is 0 Å². The summed E-state index contributed by atoms with van der Waals surface area (Å²) >= 11 is 0. The van der Waals surface area contributed by atoms with Crippen LogP contribution in [0, 0.1) is 0 Å². The number of para-hydroxylation sites is 2. The molecule has 0 N–H and O–H groups in total. The molecule has 2 nitrogen and oxygen atoms in total. The van der Waals surface area contributed by atoms with Gasteiger partial charge in [-0.1, -0.05) is 153 Å². The van der Waals surface area contributed by atoms with Crippen molar-refractivity contribution in [3.8, 4) is 50.2 Å². The largest absolute Gasteiger partial charge is 0.309 e. The Bertz CT molecular complexity index is 3350. The molecule has 0 aliphatic heterocycles. The fourth-order valence-corrected chi connectivity index (χ4v) is 9.88. The molecule has 0 radical (unpaired) electrons. The average molecular weight is 725 g/mol. The molecule has 1 aliphatic carbocycles. The van der Waals surface area contributed by atoms with Crippen molar-refractivity contribution in [2.24, 2.45) is 0 Å². The molecule has 2 heteroatoms. The van der Waals surface area contributed by atoms with E-state index in [1.165, 1.54) is 98.8 Å². The van der Waals surface area contributed by atoms with Crippen LogP contribution in [0.1, 0.15) is 24.0 Å². The number of rotatable bonds is 4. The van der Waals surface area contributed by atoms with Crippen LogP contribution in [0.5, 0.6) is 0 Å². The number of nitrogens with zero attached hydrogens (tertiary/aromatic N) is 2. The van der Waals surface area contributed by atoms with E-state index in [1.54, 1.807) is 0 Å². The second kappa shape index (κ2) is 12.4. The summed E-state index contributed by atoms with van der Waals surface area (Å²) in [6, 6.07) is 67.4. The summed E-state index contributed by atoms with van der Waals surface area (Å²) in [5.41, 5.74) is 16.4. The summed E-state index contributed by atoms with van der Waals surface area (Å²) in [4.78, 5) is 4.59. The average Bonchev–Trinajstić information content (AvgIpc) is 3.76. The van der Waals surface area contributed by atoms with Gasteiger partial charge in [-0.15, -0.1) is 0 Å². The Morgan fingerprint density at radius 3 is 1.60 bits per heavy atom. The molecule has 12 rings (SSSR count). The third-order valence-electron chi connectivity index (χ3n) is 12.5. The topological polar surface area (TPSA) is 17.8 Å².